The van der Waals surface area contributed by atoms with Gasteiger partial charge < -0.3 is 10.1 Å². The van der Waals surface area contributed by atoms with Crippen molar-refractivity contribution in [1.82, 2.24) is 10.3 Å². The number of nitrogens with one attached hydrogen (secondary N) is 1. The third-order valence-corrected chi connectivity index (χ3v) is 3.81. The molecule has 0 bridgehead atoms. The molecule has 136 valence electrons. The fourth-order valence-electron chi connectivity index (χ4n) is 2.47. The Bertz CT molecular complexity index is 821. The number of esters is 1. The van der Waals surface area contributed by atoms with E-state index < -0.39 is 28.5 Å². The zero-order chi connectivity index (χ0) is 19.3. The second-order valence-corrected chi connectivity index (χ2v) is 5.90. The van der Waals surface area contributed by atoms with Gasteiger partial charge in [-0.1, -0.05) is 44.2 Å². The van der Waals surface area contributed by atoms with Crippen molar-refractivity contribution in [3.8, 4) is 11.3 Å². The normalized spacial score (nSPS) is 11.7. The number of aromatic nitrogens is 1. The lowest BCUT2D eigenvalue weighted by Crippen LogP contribution is -2.45. The van der Waals surface area contributed by atoms with Gasteiger partial charge in [0.05, 0.1) is 12.0 Å². The van der Waals surface area contributed by atoms with Gasteiger partial charge in [-0.05, 0) is 12.0 Å². The summed E-state index contributed by atoms with van der Waals surface area (Å²) < 4.78 is 4.68. The quantitative estimate of drug-likeness (QED) is 0.483. The van der Waals surface area contributed by atoms with E-state index in [0.29, 0.717) is 5.56 Å². The van der Waals surface area contributed by atoms with Gasteiger partial charge in [-0.15, -0.1) is 0 Å². The molecule has 0 aliphatic carbocycles. The minimum absolute atomic E-state index is 0.0856. The Labute approximate surface area is 150 Å². The Hall–Kier alpha value is -3.29. The number of carbonyl (C=O) groups is 2. The molecular formula is C18H19N3O5. The maximum atomic E-state index is 12.6. The number of rotatable bonds is 6. The van der Waals surface area contributed by atoms with Gasteiger partial charge >= 0.3 is 11.7 Å². The Morgan fingerprint density at radius 3 is 2.38 bits per heavy atom. The lowest BCUT2D eigenvalue weighted by molar-refractivity contribution is -0.384. The highest BCUT2D eigenvalue weighted by atomic mass is 16.6. The van der Waals surface area contributed by atoms with Crippen LogP contribution in [0.4, 0.5) is 5.69 Å². The first-order valence-electron chi connectivity index (χ1n) is 7.94. The number of ether oxygens (including phenoxy) is 1. The number of carbonyl (C=O) groups excluding carboxylic acids is 2. The molecule has 0 unspecified atom stereocenters. The van der Waals surface area contributed by atoms with Crippen molar-refractivity contribution in [1.29, 1.82) is 0 Å². The molecule has 0 spiro atoms. The molecule has 2 aromatic rings. The average Bonchev–Trinajstić information content (AvgIpc) is 2.65. The van der Waals surface area contributed by atoms with Crippen LogP contribution in [0.15, 0.2) is 42.6 Å². The van der Waals surface area contributed by atoms with Crippen LogP contribution in [0, 0.1) is 16.0 Å². The molecule has 1 atom stereocenters. The van der Waals surface area contributed by atoms with E-state index in [-0.39, 0.29) is 17.2 Å². The van der Waals surface area contributed by atoms with Gasteiger partial charge in [0.1, 0.15) is 17.3 Å². The van der Waals surface area contributed by atoms with Crippen molar-refractivity contribution in [2.24, 2.45) is 5.92 Å². The predicted octanol–water partition coefficient (Wildman–Crippen LogP) is 2.58. The summed E-state index contributed by atoms with van der Waals surface area (Å²) in [5, 5.41) is 14.1. The first-order valence-corrected chi connectivity index (χ1v) is 7.94. The van der Waals surface area contributed by atoms with Crippen LogP contribution in [0.25, 0.3) is 11.3 Å². The van der Waals surface area contributed by atoms with Crippen molar-refractivity contribution >= 4 is 17.6 Å². The number of pyridine rings is 1. The largest absolute Gasteiger partial charge is 0.467 e. The fourth-order valence-corrected chi connectivity index (χ4v) is 2.47. The van der Waals surface area contributed by atoms with Crippen LogP contribution in [-0.4, -0.2) is 34.9 Å². The highest BCUT2D eigenvalue weighted by Crippen LogP contribution is 2.30. The van der Waals surface area contributed by atoms with E-state index in [9.17, 15) is 19.7 Å². The van der Waals surface area contributed by atoms with Crippen LogP contribution in [0.3, 0.4) is 0 Å². The second kappa shape index (κ2) is 8.19. The number of hydrogen-bond acceptors (Lipinski definition) is 6. The number of nitrogens with zero attached hydrogens (tertiary/aromatic N) is 2. The van der Waals surface area contributed by atoms with Crippen LogP contribution in [0.1, 0.15) is 24.2 Å². The van der Waals surface area contributed by atoms with Gasteiger partial charge in [0, 0.05) is 11.8 Å². The lowest BCUT2D eigenvalue weighted by Gasteiger charge is -2.19. The van der Waals surface area contributed by atoms with E-state index in [1.165, 1.54) is 19.4 Å². The number of benzene rings is 1. The monoisotopic (exact) mass is 357 g/mol. The van der Waals surface area contributed by atoms with E-state index >= 15 is 0 Å². The molecule has 1 aromatic carbocycles. The Morgan fingerprint density at radius 1 is 1.19 bits per heavy atom. The average molecular weight is 357 g/mol. The van der Waals surface area contributed by atoms with Crippen LogP contribution < -0.4 is 5.32 Å². The molecule has 8 heteroatoms. The second-order valence-electron chi connectivity index (χ2n) is 5.90. The van der Waals surface area contributed by atoms with Crippen molar-refractivity contribution in [3.63, 3.8) is 0 Å². The van der Waals surface area contributed by atoms with Crippen molar-refractivity contribution in [2.45, 2.75) is 19.9 Å². The maximum absolute atomic E-state index is 12.6. The smallest absolute Gasteiger partial charge is 0.328 e. The zero-order valence-corrected chi connectivity index (χ0v) is 14.6. The maximum Gasteiger partial charge on any atom is 0.328 e. The van der Waals surface area contributed by atoms with Gasteiger partial charge in [0.15, 0.2) is 0 Å². The summed E-state index contributed by atoms with van der Waals surface area (Å²) in [4.78, 5) is 39.5. The van der Waals surface area contributed by atoms with Crippen LogP contribution >= 0.6 is 0 Å². The molecule has 1 amide bonds. The number of amides is 1. The molecule has 1 heterocycles. The minimum Gasteiger partial charge on any atom is -0.467 e. The molecule has 0 aliphatic heterocycles. The molecule has 26 heavy (non-hydrogen) atoms. The van der Waals surface area contributed by atoms with Gasteiger partial charge in [-0.3, -0.25) is 14.9 Å². The van der Waals surface area contributed by atoms with Crippen molar-refractivity contribution < 1.29 is 19.2 Å². The summed E-state index contributed by atoms with van der Waals surface area (Å²) in [6.45, 7) is 3.47. The summed E-state index contributed by atoms with van der Waals surface area (Å²) >= 11 is 0. The highest BCUT2D eigenvalue weighted by Gasteiger charge is 2.31. The number of methoxy groups -OCH3 is 1. The SMILES string of the molecule is COC(=O)[C@@H](NC(=O)c1ccnc(-c2ccccc2)c1[N+](=O)[O-])C(C)C. The van der Waals surface area contributed by atoms with Crippen LogP contribution in [0.2, 0.25) is 0 Å². The van der Waals surface area contributed by atoms with Gasteiger partial charge in [-0.2, -0.15) is 0 Å². The van der Waals surface area contributed by atoms with E-state index in [1.807, 2.05) is 0 Å². The zero-order valence-electron chi connectivity index (χ0n) is 14.6. The summed E-state index contributed by atoms with van der Waals surface area (Å²) in [5.74, 6) is -1.60. The van der Waals surface area contributed by atoms with Gasteiger partial charge in [-0.25, -0.2) is 9.78 Å². The van der Waals surface area contributed by atoms with Crippen molar-refractivity contribution in [3.05, 3.63) is 58.3 Å². The molecule has 0 fully saturated rings. The van der Waals surface area contributed by atoms with Gasteiger partial charge in [0.2, 0.25) is 0 Å². The molecule has 0 saturated heterocycles. The molecule has 8 nitrogen and oxygen atoms in total. The molecule has 0 saturated carbocycles. The molecule has 1 aromatic heterocycles. The summed E-state index contributed by atoms with van der Waals surface area (Å²) in [7, 11) is 1.21. The minimum atomic E-state index is -0.916. The molecule has 2 rings (SSSR count). The fraction of sp³-hybridized carbons (Fsp3) is 0.278. The molecule has 0 aliphatic rings. The van der Waals surface area contributed by atoms with E-state index in [0.717, 1.165) is 0 Å². The molecular weight excluding hydrogens is 338 g/mol. The van der Waals surface area contributed by atoms with Gasteiger partial charge in [0.25, 0.3) is 5.91 Å². The third kappa shape index (κ3) is 4.02. The first-order chi connectivity index (χ1) is 12.4. The Kier molecular flexibility index (Phi) is 6.00. The first kappa shape index (κ1) is 19.0. The van der Waals surface area contributed by atoms with Crippen LogP contribution in [-0.2, 0) is 9.53 Å². The summed E-state index contributed by atoms with van der Waals surface area (Å²) in [6, 6.07) is 8.90. The standard InChI is InChI=1S/C18H19N3O5/c1-11(2)14(18(23)26-3)20-17(22)13-9-10-19-15(16(13)21(24)25)12-7-5-4-6-8-12/h4-11,14H,1-3H3,(H,20,22)/t14-/m0/s1. The third-order valence-electron chi connectivity index (χ3n) is 3.81. The highest BCUT2D eigenvalue weighted by molar-refractivity contribution is 6.02. The number of nitro groups is 1. The van der Waals surface area contributed by atoms with E-state index in [4.69, 9.17) is 0 Å². The molecule has 1 N–H and O–H groups in total. The van der Waals surface area contributed by atoms with Crippen LogP contribution in [0.5, 0.6) is 0 Å². The summed E-state index contributed by atoms with van der Waals surface area (Å²) in [5.41, 5.74) is 0.0200. The summed E-state index contributed by atoms with van der Waals surface area (Å²) in [6.07, 6.45) is 1.33. The van der Waals surface area contributed by atoms with E-state index in [2.05, 4.69) is 15.0 Å². The topological polar surface area (TPSA) is 111 Å². The van der Waals surface area contributed by atoms with Crippen molar-refractivity contribution in [2.75, 3.05) is 7.11 Å². The molecule has 0 radical (unpaired) electrons. The lowest BCUT2D eigenvalue weighted by atomic mass is 10.0. The Balaban J connectivity index is 2.48. The Morgan fingerprint density at radius 2 is 1.85 bits per heavy atom. The number of hydrogen-bond donors (Lipinski definition) is 1. The predicted molar refractivity (Wildman–Crippen MR) is 94.4 cm³/mol. The van der Waals surface area contributed by atoms with E-state index in [1.54, 1.807) is 44.2 Å².